The molecule has 3 rings (SSSR count). The van der Waals surface area contributed by atoms with Crippen LogP contribution in [0.1, 0.15) is 33.7 Å². The molecule has 18 heavy (non-hydrogen) atoms. The van der Waals surface area contributed by atoms with Gasteiger partial charge in [0.1, 0.15) is 5.75 Å². The molecule has 0 radical (unpaired) electrons. The standard InChI is InChI=1S/C15H14O3/c1-10-6-8-18-15(10)14(16)12-4-5-13-11(9-12)3-2-7-17-13/h4-6,8-9H,2-3,7H2,1H3. The van der Waals surface area contributed by atoms with E-state index in [0.717, 1.165) is 36.3 Å². The maximum absolute atomic E-state index is 12.3. The smallest absolute Gasteiger partial charge is 0.228 e. The van der Waals surface area contributed by atoms with Crippen LogP contribution in [0.15, 0.2) is 34.9 Å². The van der Waals surface area contributed by atoms with Crippen LogP contribution in [0.25, 0.3) is 0 Å². The molecule has 2 heterocycles. The van der Waals surface area contributed by atoms with E-state index in [4.69, 9.17) is 9.15 Å². The summed E-state index contributed by atoms with van der Waals surface area (Å²) < 4.78 is 10.8. The zero-order valence-electron chi connectivity index (χ0n) is 10.2. The predicted octanol–water partition coefficient (Wildman–Crippen LogP) is 3.14. The van der Waals surface area contributed by atoms with Crippen molar-refractivity contribution in [2.45, 2.75) is 19.8 Å². The third-order valence-electron chi connectivity index (χ3n) is 3.24. The number of fused-ring (bicyclic) bond motifs is 1. The van der Waals surface area contributed by atoms with Crippen LogP contribution in [0.4, 0.5) is 0 Å². The highest BCUT2D eigenvalue weighted by molar-refractivity contribution is 6.08. The van der Waals surface area contributed by atoms with Crippen molar-refractivity contribution < 1.29 is 13.9 Å². The van der Waals surface area contributed by atoms with Gasteiger partial charge in [0.15, 0.2) is 5.76 Å². The first kappa shape index (κ1) is 11.1. The van der Waals surface area contributed by atoms with Gasteiger partial charge in [0.05, 0.1) is 12.9 Å². The Kier molecular flexibility index (Phi) is 2.67. The van der Waals surface area contributed by atoms with E-state index in [2.05, 4.69) is 0 Å². The van der Waals surface area contributed by atoms with Gasteiger partial charge < -0.3 is 9.15 Å². The summed E-state index contributed by atoms with van der Waals surface area (Å²) in [4.78, 5) is 12.3. The Morgan fingerprint density at radius 1 is 1.28 bits per heavy atom. The van der Waals surface area contributed by atoms with Crippen LogP contribution in [0, 0.1) is 6.92 Å². The Hall–Kier alpha value is -2.03. The molecule has 1 aromatic heterocycles. The van der Waals surface area contributed by atoms with E-state index in [9.17, 15) is 4.79 Å². The summed E-state index contributed by atoms with van der Waals surface area (Å²) >= 11 is 0. The van der Waals surface area contributed by atoms with E-state index >= 15 is 0 Å². The third-order valence-corrected chi connectivity index (χ3v) is 3.24. The first-order chi connectivity index (χ1) is 8.75. The number of hydrogen-bond acceptors (Lipinski definition) is 3. The van der Waals surface area contributed by atoms with E-state index < -0.39 is 0 Å². The van der Waals surface area contributed by atoms with Gasteiger partial charge in [0.25, 0.3) is 0 Å². The van der Waals surface area contributed by atoms with Gasteiger partial charge in [-0.2, -0.15) is 0 Å². The summed E-state index contributed by atoms with van der Waals surface area (Å²) in [5.41, 5.74) is 2.64. The Balaban J connectivity index is 1.98. The minimum atomic E-state index is -0.0640. The number of rotatable bonds is 2. The molecule has 1 aliphatic heterocycles. The topological polar surface area (TPSA) is 39.4 Å². The summed E-state index contributed by atoms with van der Waals surface area (Å²) in [7, 11) is 0. The molecule has 3 nitrogen and oxygen atoms in total. The highest BCUT2D eigenvalue weighted by Gasteiger charge is 2.18. The summed E-state index contributed by atoms with van der Waals surface area (Å²) in [6.45, 7) is 2.63. The first-order valence-electron chi connectivity index (χ1n) is 6.10. The van der Waals surface area contributed by atoms with Crippen molar-refractivity contribution in [3.05, 3.63) is 53.0 Å². The second-order valence-electron chi connectivity index (χ2n) is 4.54. The molecule has 0 saturated heterocycles. The zero-order valence-corrected chi connectivity index (χ0v) is 10.2. The molecule has 1 aliphatic rings. The van der Waals surface area contributed by atoms with Gasteiger partial charge in [-0.3, -0.25) is 4.79 Å². The molecule has 3 heteroatoms. The van der Waals surface area contributed by atoms with Crippen LogP contribution >= 0.6 is 0 Å². The van der Waals surface area contributed by atoms with Crippen LogP contribution in [-0.2, 0) is 6.42 Å². The molecule has 0 atom stereocenters. The summed E-state index contributed by atoms with van der Waals surface area (Å²) in [6, 6.07) is 7.39. The van der Waals surface area contributed by atoms with Crippen LogP contribution in [0.2, 0.25) is 0 Å². The molecular formula is C15H14O3. The van der Waals surface area contributed by atoms with E-state index in [1.165, 1.54) is 0 Å². The highest BCUT2D eigenvalue weighted by Crippen LogP contribution is 2.27. The van der Waals surface area contributed by atoms with Crippen LogP contribution < -0.4 is 4.74 Å². The average molecular weight is 242 g/mol. The normalized spacial score (nSPS) is 13.8. The molecule has 1 aromatic carbocycles. The molecule has 0 saturated carbocycles. The zero-order chi connectivity index (χ0) is 12.5. The molecular weight excluding hydrogens is 228 g/mol. The molecule has 0 N–H and O–H groups in total. The Bertz CT molecular complexity index is 596. The van der Waals surface area contributed by atoms with Gasteiger partial charge in [0, 0.05) is 5.56 Å². The van der Waals surface area contributed by atoms with E-state index in [1.807, 2.05) is 19.1 Å². The summed E-state index contributed by atoms with van der Waals surface area (Å²) in [5.74, 6) is 1.26. The van der Waals surface area contributed by atoms with E-state index in [-0.39, 0.29) is 5.78 Å². The monoisotopic (exact) mass is 242 g/mol. The minimum Gasteiger partial charge on any atom is -0.493 e. The van der Waals surface area contributed by atoms with Crippen LogP contribution in [0.3, 0.4) is 0 Å². The quantitative estimate of drug-likeness (QED) is 0.759. The molecule has 0 spiro atoms. The van der Waals surface area contributed by atoms with Crippen molar-refractivity contribution in [1.29, 1.82) is 0 Å². The van der Waals surface area contributed by atoms with Gasteiger partial charge in [-0.15, -0.1) is 0 Å². The van der Waals surface area contributed by atoms with Crippen molar-refractivity contribution in [1.82, 2.24) is 0 Å². The van der Waals surface area contributed by atoms with Crippen molar-refractivity contribution in [3.8, 4) is 5.75 Å². The van der Waals surface area contributed by atoms with Gasteiger partial charge in [-0.05, 0) is 55.2 Å². The van der Waals surface area contributed by atoms with Crippen LogP contribution in [0.5, 0.6) is 5.75 Å². The number of carbonyl (C=O) groups excluding carboxylic acids is 1. The molecule has 0 fully saturated rings. The number of hydrogen-bond donors (Lipinski definition) is 0. The minimum absolute atomic E-state index is 0.0640. The number of carbonyl (C=O) groups is 1. The molecule has 2 aromatic rings. The van der Waals surface area contributed by atoms with Crippen molar-refractivity contribution in [2.75, 3.05) is 6.61 Å². The SMILES string of the molecule is Cc1ccoc1C(=O)c1ccc2c(c1)CCCO2. The Labute approximate surface area is 105 Å². The molecule has 0 unspecified atom stereocenters. The Morgan fingerprint density at radius 3 is 2.94 bits per heavy atom. The summed E-state index contributed by atoms with van der Waals surface area (Å²) in [5, 5.41) is 0. The summed E-state index contributed by atoms with van der Waals surface area (Å²) in [6.07, 6.45) is 3.52. The number of furan rings is 1. The lowest BCUT2D eigenvalue weighted by Gasteiger charge is -2.17. The molecule has 0 bridgehead atoms. The lowest BCUT2D eigenvalue weighted by molar-refractivity contribution is 0.101. The maximum atomic E-state index is 12.3. The fourth-order valence-electron chi connectivity index (χ4n) is 2.24. The van der Waals surface area contributed by atoms with Crippen molar-refractivity contribution in [3.63, 3.8) is 0 Å². The predicted molar refractivity (Wildman–Crippen MR) is 67.1 cm³/mol. The third kappa shape index (κ3) is 1.82. The van der Waals surface area contributed by atoms with Gasteiger partial charge in [-0.1, -0.05) is 0 Å². The largest absolute Gasteiger partial charge is 0.493 e. The van der Waals surface area contributed by atoms with E-state index in [1.54, 1.807) is 18.4 Å². The number of benzene rings is 1. The van der Waals surface area contributed by atoms with Gasteiger partial charge in [0.2, 0.25) is 5.78 Å². The first-order valence-corrected chi connectivity index (χ1v) is 6.10. The average Bonchev–Trinajstić information content (AvgIpc) is 2.83. The van der Waals surface area contributed by atoms with Crippen molar-refractivity contribution in [2.24, 2.45) is 0 Å². The molecule has 0 aliphatic carbocycles. The lowest BCUT2D eigenvalue weighted by atomic mass is 9.99. The highest BCUT2D eigenvalue weighted by atomic mass is 16.5. The number of ether oxygens (including phenoxy) is 1. The van der Waals surface area contributed by atoms with Crippen molar-refractivity contribution >= 4 is 5.78 Å². The maximum Gasteiger partial charge on any atom is 0.228 e. The fourth-order valence-corrected chi connectivity index (χ4v) is 2.24. The lowest BCUT2D eigenvalue weighted by Crippen LogP contribution is -2.10. The second kappa shape index (κ2) is 4.33. The number of ketones is 1. The second-order valence-corrected chi connectivity index (χ2v) is 4.54. The van der Waals surface area contributed by atoms with Crippen LogP contribution in [-0.4, -0.2) is 12.4 Å². The fraction of sp³-hybridized carbons (Fsp3) is 0.267. The number of aryl methyl sites for hydroxylation is 2. The molecule has 0 amide bonds. The van der Waals surface area contributed by atoms with E-state index in [0.29, 0.717) is 11.3 Å². The Morgan fingerprint density at radius 2 is 2.17 bits per heavy atom. The van der Waals surface area contributed by atoms with Gasteiger partial charge >= 0.3 is 0 Å². The van der Waals surface area contributed by atoms with Gasteiger partial charge in [-0.25, -0.2) is 0 Å². The molecule has 92 valence electrons.